The molecule has 1 aromatic heterocycles. The van der Waals surface area contributed by atoms with Crippen LogP contribution >= 0.6 is 0 Å². The smallest absolute Gasteiger partial charge is 0.341 e. The Kier molecular flexibility index (Phi) is 4.52. The van der Waals surface area contributed by atoms with Crippen molar-refractivity contribution in [2.24, 2.45) is 0 Å². The van der Waals surface area contributed by atoms with Gasteiger partial charge >= 0.3 is 5.97 Å². The van der Waals surface area contributed by atoms with Crippen molar-refractivity contribution in [2.75, 3.05) is 13.7 Å². The number of esters is 1. The van der Waals surface area contributed by atoms with Crippen LogP contribution in [-0.4, -0.2) is 30.8 Å². The molecule has 0 fully saturated rings. The topological polar surface area (TPSA) is 71.7 Å². The Morgan fingerprint density at radius 3 is 2.94 bits per heavy atom. The van der Waals surface area contributed by atoms with Crippen molar-refractivity contribution in [3.8, 4) is 0 Å². The van der Waals surface area contributed by atoms with Crippen LogP contribution in [0.3, 0.4) is 0 Å². The molecule has 1 unspecified atom stereocenters. The van der Waals surface area contributed by atoms with E-state index >= 15 is 0 Å². The molecule has 1 atom stereocenters. The highest BCUT2D eigenvalue weighted by Crippen LogP contribution is 2.15. The predicted molar refractivity (Wildman–Crippen MR) is 58.2 cm³/mol. The van der Waals surface area contributed by atoms with Gasteiger partial charge in [-0.25, -0.2) is 4.79 Å². The van der Waals surface area contributed by atoms with Gasteiger partial charge in [0.1, 0.15) is 17.1 Å². The summed E-state index contributed by atoms with van der Waals surface area (Å²) in [6.07, 6.45) is 0. The maximum Gasteiger partial charge on any atom is 0.341 e. The highest BCUT2D eigenvalue weighted by atomic mass is 16.5. The number of methoxy groups -OCH3 is 1. The molecule has 0 aromatic carbocycles. The van der Waals surface area contributed by atoms with Gasteiger partial charge in [-0.2, -0.15) is 0 Å². The summed E-state index contributed by atoms with van der Waals surface area (Å²) in [6, 6.07) is 1.64. The number of carbonyl (C=O) groups excluding carboxylic acids is 1. The third-order valence-corrected chi connectivity index (χ3v) is 2.27. The third-order valence-electron chi connectivity index (χ3n) is 2.27. The summed E-state index contributed by atoms with van der Waals surface area (Å²) in [6.45, 7) is 4.10. The first-order chi connectivity index (χ1) is 7.58. The Hall–Kier alpha value is -1.33. The number of furan rings is 1. The number of hydrogen-bond donors (Lipinski definition) is 2. The molecule has 0 spiro atoms. The normalized spacial score (nSPS) is 12.5. The lowest BCUT2D eigenvalue weighted by molar-refractivity contribution is 0.0599. The van der Waals surface area contributed by atoms with E-state index in [4.69, 9.17) is 9.52 Å². The van der Waals surface area contributed by atoms with Crippen LogP contribution in [-0.2, 0) is 11.3 Å². The maximum atomic E-state index is 11.3. The second-order valence-electron chi connectivity index (χ2n) is 3.64. The molecular formula is C11H17NO4. The Bertz CT molecular complexity index is 359. The largest absolute Gasteiger partial charge is 0.465 e. The average molecular weight is 227 g/mol. The van der Waals surface area contributed by atoms with Crippen molar-refractivity contribution in [3.05, 3.63) is 23.2 Å². The zero-order valence-corrected chi connectivity index (χ0v) is 9.74. The van der Waals surface area contributed by atoms with Gasteiger partial charge < -0.3 is 19.6 Å². The van der Waals surface area contributed by atoms with Crippen molar-refractivity contribution in [1.29, 1.82) is 0 Å². The van der Waals surface area contributed by atoms with E-state index in [0.717, 1.165) is 0 Å². The number of rotatable bonds is 5. The Balaban J connectivity index is 2.66. The second kappa shape index (κ2) is 5.67. The predicted octanol–water partition coefficient (Wildman–Crippen LogP) is 0.845. The molecule has 1 rings (SSSR count). The van der Waals surface area contributed by atoms with Gasteiger partial charge in [0.05, 0.1) is 20.3 Å². The zero-order chi connectivity index (χ0) is 12.1. The minimum Gasteiger partial charge on any atom is -0.465 e. The lowest BCUT2D eigenvalue weighted by Crippen LogP contribution is -2.28. The summed E-state index contributed by atoms with van der Waals surface area (Å²) in [5, 5.41) is 11.9. The first kappa shape index (κ1) is 12.7. The molecule has 5 nitrogen and oxygen atoms in total. The number of nitrogens with one attached hydrogen (secondary N) is 1. The van der Waals surface area contributed by atoms with Gasteiger partial charge in [0.25, 0.3) is 0 Å². The van der Waals surface area contributed by atoms with E-state index in [2.05, 4.69) is 10.1 Å². The molecule has 1 heterocycles. The molecule has 16 heavy (non-hydrogen) atoms. The van der Waals surface area contributed by atoms with Gasteiger partial charge in [0.15, 0.2) is 0 Å². The molecule has 0 saturated heterocycles. The van der Waals surface area contributed by atoms with Crippen LogP contribution in [0.15, 0.2) is 10.5 Å². The fourth-order valence-corrected chi connectivity index (χ4v) is 1.28. The number of aliphatic hydroxyl groups is 1. The lowest BCUT2D eigenvalue weighted by atomic mass is 10.2. The molecule has 0 bridgehead atoms. The summed E-state index contributed by atoms with van der Waals surface area (Å²) in [7, 11) is 1.33. The third kappa shape index (κ3) is 3.08. The van der Waals surface area contributed by atoms with Crippen LogP contribution < -0.4 is 5.32 Å². The minimum atomic E-state index is -0.400. The van der Waals surface area contributed by atoms with Crippen LogP contribution in [0.1, 0.15) is 28.8 Å². The molecule has 1 aromatic rings. The van der Waals surface area contributed by atoms with E-state index in [1.165, 1.54) is 7.11 Å². The van der Waals surface area contributed by atoms with E-state index in [9.17, 15) is 4.79 Å². The SMILES string of the molecule is COC(=O)c1cc(CNC(C)CO)oc1C. The van der Waals surface area contributed by atoms with Gasteiger partial charge in [0.2, 0.25) is 0 Å². The van der Waals surface area contributed by atoms with E-state index in [-0.39, 0.29) is 12.6 Å². The highest BCUT2D eigenvalue weighted by Gasteiger charge is 2.15. The van der Waals surface area contributed by atoms with E-state index < -0.39 is 5.97 Å². The van der Waals surface area contributed by atoms with E-state index in [0.29, 0.717) is 23.6 Å². The fourth-order valence-electron chi connectivity index (χ4n) is 1.28. The number of hydrogen-bond acceptors (Lipinski definition) is 5. The van der Waals surface area contributed by atoms with Crippen molar-refractivity contribution < 1.29 is 19.1 Å². The number of ether oxygens (including phenoxy) is 1. The van der Waals surface area contributed by atoms with Gasteiger partial charge in [-0.1, -0.05) is 0 Å². The first-order valence-electron chi connectivity index (χ1n) is 5.10. The van der Waals surface area contributed by atoms with Crippen molar-refractivity contribution >= 4 is 5.97 Å². The summed E-state index contributed by atoms with van der Waals surface area (Å²) in [5.41, 5.74) is 0.441. The average Bonchev–Trinajstić information content (AvgIpc) is 2.66. The van der Waals surface area contributed by atoms with E-state index in [1.807, 2.05) is 6.92 Å². The Labute approximate surface area is 94.4 Å². The van der Waals surface area contributed by atoms with Crippen molar-refractivity contribution in [3.63, 3.8) is 0 Å². The van der Waals surface area contributed by atoms with Gasteiger partial charge in [0, 0.05) is 6.04 Å². The standard InChI is InChI=1S/C11H17NO4/c1-7(6-13)12-5-9-4-10(8(2)16-9)11(14)15-3/h4,7,12-13H,5-6H2,1-3H3. The van der Waals surface area contributed by atoms with E-state index in [1.54, 1.807) is 13.0 Å². The van der Waals surface area contributed by atoms with Crippen LogP contribution in [0.25, 0.3) is 0 Å². The molecule has 0 saturated carbocycles. The molecule has 0 aliphatic heterocycles. The van der Waals surface area contributed by atoms with Crippen LogP contribution in [0.4, 0.5) is 0 Å². The zero-order valence-electron chi connectivity index (χ0n) is 9.74. The van der Waals surface area contributed by atoms with Gasteiger partial charge in [-0.05, 0) is 19.9 Å². The maximum absolute atomic E-state index is 11.3. The van der Waals surface area contributed by atoms with Gasteiger partial charge in [-0.15, -0.1) is 0 Å². The van der Waals surface area contributed by atoms with Crippen LogP contribution in [0.5, 0.6) is 0 Å². The summed E-state index contributed by atoms with van der Waals surface area (Å²) >= 11 is 0. The van der Waals surface area contributed by atoms with Crippen molar-refractivity contribution in [1.82, 2.24) is 5.32 Å². The Morgan fingerprint density at radius 2 is 2.38 bits per heavy atom. The van der Waals surface area contributed by atoms with Crippen LogP contribution in [0, 0.1) is 6.92 Å². The molecule has 90 valence electrons. The van der Waals surface area contributed by atoms with Gasteiger partial charge in [-0.3, -0.25) is 0 Å². The van der Waals surface area contributed by atoms with Crippen LogP contribution in [0.2, 0.25) is 0 Å². The number of aliphatic hydroxyl groups excluding tert-OH is 1. The lowest BCUT2D eigenvalue weighted by Gasteiger charge is -2.07. The molecule has 0 radical (unpaired) electrons. The second-order valence-corrected chi connectivity index (χ2v) is 3.64. The fraction of sp³-hybridized carbons (Fsp3) is 0.545. The molecule has 0 amide bonds. The molecule has 0 aliphatic rings. The molecular weight excluding hydrogens is 210 g/mol. The summed E-state index contributed by atoms with van der Waals surface area (Å²) in [5.74, 6) is 0.793. The molecule has 2 N–H and O–H groups in total. The number of carbonyl (C=O) groups is 1. The summed E-state index contributed by atoms with van der Waals surface area (Å²) < 4.78 is 10.0. The Morgan fingerprint density at radius 1 is 1.69 bits per heavy atom. The van der Waals surface area contributed by atoms with Crippen molar-refractivity contribution in [2.45, 2.75) is 26.4 Å². The first-order valence-corrected chi connectivity index (χ1v) is 5.10. The summed E-state index contributed by atoms with van der Waals surface area (Å²) in [4.78, 5) is 11.3. The monoisotopic (exact) mass is 227 g/mol. The highest BCUT2D eigenvalue weighted by molar-refractivity contribution is 5.90. The molecule has 0 aliphatic carbocycles. The minimum absolute atomic E-state index is 0.00742. The quantitative estimate of drug-likeness (QED) is 0.729. The number of aryl methyl sites for hydroxylation is 1. The molecule has 5 heteroatoms.